The van der Waals surface area contributed by atoms with Crippen LogP contribution in [0.1, 0.15) is 19.4 Å². The largest absolute Gasteiger partial charge is 0.481 e. The smallest absolute Gasteiger partial charge is 0.242 e. The average Bonchev–Trinajstić information content (AvgIpc) is 2.48. The second-order valence-electron chi connectivity index (χ2n) is 4.67. The highest BCUT2D eigenvalue weighted by Gasteiger charge is 2.10. The molecule has 2 heterocycles. The van der Waals surface area contributed by atoms with Crippen LogP contribution in [-0.4, -0.2) is 28.2 Å². The monoisotopic (exact) mass is 289 g/mol. The summed E-state index contributed by atoms with van der Waals surface area (Å²) >= 11 is 0. The van der Waals surface area contributed by atoms with Crippen LogP contribution in [0.4, 0.5) is 11.5 Å². The molecule has 0 aromatic carbocycles. The molecule has 0 aliphatic carbocycles. The molecular formula is C14H19N5O2. The molecule has 3 N–H and O–H groups in total. The quantitative estimate of drug-likeness (QED) is 0.838. The summed E-state index contributed by atoms with van der Waals surface area (Å²) in [4.78, 5) is 12.3. The number of nitrogens with one attached hydrogen (secondary N) is 1. The standard InChI is InChI=1S/C14H19N5O2/c1-9(2)21-14-12(15)13(18-8-19-14)17-7-10-4-5-11(20-3)16-6-10/h4-6,8-9H,7,15H2,1-3H3,(H,17,18,19). The molecule has 0 spiro atoms. The van der Waals surface area contributed by atoms with Gasteiger partial charge in [-0.15, -0.1) is 0 Å². The SMILES string of the molecule is COc1ccc(CNc2ncnc(OC(C)C)c2N)cn1. The van der Waals surface area contributed by atoms with Crippen LogP contribution in [0.2, 0.25) is 0 Å². The van der Waals surface area contributed by atoms with Crippen LogP contribution in [-0.2, 0) is 6.54 Å². The van der Waals surface area contributed by atoms with Gasteiger partial charge >= 0.3 is 0 Å². The summed E-state index contributed by atoms with van der Waals surface area (Å²) in [5, 5.41) is 3.14. The molecule has 2 aromatic heterocycles. The third-order valence-corrected chi connectivity index (χ3v) is 2.66. The minimum Gasteiger partial charge on any atom is -0.481 e. The lowest BCUT2D eigenvalue weighted by Crippen LogP contribution is -2.12. The molecule has 0 aliphatic heterocycles. The first kappa shape index (κ1) is 14.8. The molecule has 0 saturated heterocycles. The average molecular weight is 289 g/mol. The molecule has 0 aliphatic rings. The van der Waals surface area contributed by atoms with E-state index in [9.17, 15) is 0 Å². The summed E-state index contributed by atoms with van der Waals surface area (Å²) in [6, 6.07) is 3.72. The number of ether oxygens (including phenoxy) is 2. The van der Waals surface area contributed by atoms with Crippen molar-refractivity contribution in [2.75, 3.05) is 18.2 Å². The molecule has 0 unspecified atom stereocenters. The van der Waals surface area contributed by atoms with Crippen molar-refractivity contribution >= 4 is 11.5 Å². The number of nitrogens with two attached hydrogens (primary N) is 1. The van der Waals surface area contributed by atoms with Crippen molar-refractivity contribution in [3.63, 3.8) is 0 Å². The maximum absolute atomic E-state index is 5.99. The topological polar surface area (TPSA) is 95.2 Å². The van der Waals surface area contributed by atoms with E-state index in [0.717, 1.165) is 5.56 Å². The van der Waals surface area contributed by atoms with E-state index in [1.807, 2.05) is 19.9 Å². The predicted octanol–water partition coefficient (Wildman–Crippen LogP) is 1.86. The van der Waals surface area contributed by atoms with Crippen molar-refractivity contribution in [3.8, 4) is 11.8 Å². The molecule has 7 nitrogen and oxygen atoms in total. The van der Waals surface area contributed by atoms with Crippen LogP contribution < -0.4 is 20.5 Å². The third-order valence-electron chi connectivity index (χ3n) is 2.66. The number of methoxy groups -OCH3 is 1. The molecular weight excluding hydrogens is 270 g/mol. The minimum absolute atomic E-state index is 0.000776. The number of hydrogen-bond acceptors (Lipinski definition) is 7. The summed E-state index contributed by atoms with van der Waals surface area (Å²) in [6.45, 7) is 4.37. The Labute approximate surface area is 123 Å². The molecule has 2 rings (SSSR count). The fourth-order valence-corrected chi connectivity index (χ4v) is 1.66. The van der Waals surface area contributed by atoms with Gasteiger partial charge in [0, 0.05) is 18.8 Å². The van der Waals surface area contributed by atoms with Gasteiger partial charge in [0.1, 0.15) is 12.0 Å². The fraction of sp³-hybridized carbons (Fsp3) is 0.357. The Hall–Kier alpha value is -2.57. The first-order valence-corrected chi connectivity index (χ1v) is 6.60. The van der Waals surface area contributed by atoms with Crippen molar-refractivity contribution in [2.45, 2.75) is 26.5 Å². The second-order valence-corrected chi connectivity index (χ2v) is 4.67. The fourth-order valence-electron chi connectivity index (χ4n) is 1.66. The van der Waals surface area contributed by atoms with Crippen LogP contribution in [0.15, 0.2) is 24.7 Å². The number of nitrogen functional groups attached to an aromatic ring is 1. The van der Waals surface area contributed by atoms with E-state index in [-0.39, 0.29) is 6.10 Å². The Morgan fingerprint density at radius 3 is 2.67 bits per heavy atom. The van der Waals surface area contributed by atoms with Gasteiger partial charge in [-0.25, -0.2) is 9.97 Å². The van der Waals surface area contributed by atoms with Gasteiger partial charge < -0.3 is 20.5 Å². The predicted molar refractivity (Wildman–Crippen MR) is 80.3 cm³/mol. The number of anilines is 2. The maximum atomic E-state index is 5.99. The molecule has 0 radical (unpaired) electrons. The zero-order chi connectivity index (χ0) is 15.2. The molecule has 0 saturated carbocycles. The van der Waals surface area contributed by atoms with E-state index in [1.54, 1.807) is 19.4 Å². The van der Waals surface area contributed by atoms with Crippen LogP contribution in [0.25, 0.3) is 0 Å². The van der Waals surface area contributed by atoms with Crippen LogP contribution in [0.5, 0.6) is 11.8 Å². The van der Waals surface area contributed by atoms with Gasteiger partial charge in [0.05, 0.1) is 13.2 Å². The van der Waals surface area contributed by atoms with E-state index < -0.39 is 0 Å². The van der Waals surface area contributed by atoms with Crippen molar-refractivity contribution in [3.05, 3.63) is 30.2 Å². The van der Waals surface area contributed by atoms with Gasteiger partial charge in [-0.3, -0.25) is 0 Å². The van der Waals surface area contributed by atoms with E-state index in [4.69, 9.17) is 15.2 Å². The molecule has 0 bridgehead atoms. The minimum atomic E-state index is 0.000776. The van der Waals surface area contributed by atoms with E-state index in [0.29, 0.717) is 29.8 Å². The molecule has 2 aromatic rings. The summed E-state index contributed by atoms with van der Waals surface area (Å²) in [7, 11) is 1.58. The lowest BCUT2D eigenvalue weighted by molar-refractivity contribution is 0.234. The van der Waals surface area contributed by atoms with Gasteiger partial charge in [0.25, 0.3) is 0 Å². The van der Waals surface area contributed by atoms with Gasteiger partial charge in [0.2, 0.25) is 11.8 Å². The summed E-state index contributed by atoms with van der Waals surface area (Å²) in [5.74, 6) is 1.50. The van der Waals surface area contributed by atoms with Crippen LogP contribution in [0.3, 0.4) is 0 Å². The van der Waals surface area contributed by atoms with Gasteiger partial charge in [0.15, 0.2) is 5.82 Å². The Balaban J connectivity index is 2.05. The molecule has 112 valence electrons. The lowest BCUT2D eigenvalue weighted by atomic mass is 10.3. The highest BCUT2D eigenvalue weighted by molar-refractivity contribution is 5.66. The number of aromatic nitrogens is 3. The number of hydrogen-bond donors (Lipinski definition) is 2. The Kier molecular flexibility index (Phi) is 4.76. The van der Waals surface area contributed by atoms with Crippen molar-refractivity contribution in [2.24, 2.45) is 0 Å². The van der Waals surface area contributed by atoms with E-state index >= 15 is 0 Å². The Bertz CT molecular complexity index is 586. The Morgan fingerprint density at radius 1 is 1.24 bits per heavy atom. The Morgan fingerprint density at radius 2 is 2.05 bits per heavy atom. The summed E-state index contributed by atoms with van der Waals surface area (Å²) < 4.78 is 10.5. The molecule has 7 heteroatoms. The number of nitrogens with zero attached hydrogens (tertiary/aromatic N) is 3. The zero-order valence-corrected chi connectivity index (χ0v) is 12.3. The molecule has 0 amide bonds. The molecule has 21 heavy (non-hydrogen) atoms. The van der Waals surface area contributed by atoms with Crippen molar-refractivity contribution in [1.29, 1.82) is 0 Å². The highest BCUT2D eigenvalue weighted by Crippen LogP contribution is 2.25. The number of rotatable bonds is 6. The van der Waals surface area contributed by atoms with Gasteiger partial charge in [-0.05, 0) is 19.4 Å². The lowest BCUT2D eigenvalue weighted by Gasteiger charge is -2.13. The third kappa shape index (κ3) is 3.95. The van der Waals surface area contributed by atoms with Gasteiger partial charge in [-0.1, -0.05) is 6.07 Å². The highest BCUT2D eigenvalue weighted by atomic mass is 16.5. The van der Waals surface area contributed by atoms with E-state index in [1.165, 1.54) is 6.33 Å². The first-order chi connectivity index (χ1) is 10.1. The molecule has 0 fully saturated rings. The number of pyridine rings is 1. The van der Waals surface area contributed by atoms with Gasteiger partial charge in [-0.2, -0.15) is 4.98 Å². The second kappa shape index (κ2) is 6.74. The van der Waals surface area contributed by atoms with Crippen LogP contribution in [0, 0.1) is 0 Å². The zero-order valence-electron chi connectivity index (χ0n) is 12.3. The van der Waals surface area contributed by atoms with Crippen molar-refractivity contribution < 1.29 is 9.47 Å². The van der Waals surface area contributed by atoms with E-state index in [2.05, 4.69) is 20.3 Å². The summed E-state index contributed by atoms with van der Waals surface area (Å²) in [6.07, 6.45) is 3.15. The van der Waals surface area contributed by atoms with Crippen LogP contribution >= 0.6 is 0 Å². The summed E-state index contributed by atoms with van der Waals surface area (Å²) in [5.41, 5.74) is 7.38. The first-order valence-electron chi connectivity index (χ1n) is 6.60. The molecule has 0 atom stereocenters. The maximum Gasteiger partial charge on any atom is 0.242 e. The van der Waals surface area contributed by atoms with Crippen molar-refractivity contribution in [1.82, 2.24) is 15.0 Å². The normalized spacial score (nSPS) is 10.5.